The minimum atomic E-state index is -0.253. The van der Waals surface area contributed by atoms with Gasteiger partial charge in [0, 0.05) is 0 Å². The van der Waals surface area contributed by atoms with Crippen molar-refractivity contribution in [1.29, 1.82) is 0 Å². The van der Waals surface area contributed by atoms with Gasteiger partial charge in [-0.25, -0.2) is 0 Å². The first-order valence-corrected chi connectivity index (χ1v) is 6.55. The van der Waals surface area contributed by atoms with Crippen LogP contribution in [0.25, 0.3) is 0 Å². The lowest BCUT2D eigenvalue weighted by molar-refractivity contribution is -0.141. The Kier molecular flexibility index (Phi) is 3.26. The lowest BCUT2D eigenvalue weighted by atomic mass is 9.65. The third kappa shape index (κ3) is 2.31. The average Bonchev–Trinajstić information content (AvgIpc) is 2.27. The molecule has 0 aromatic rings. The number of allylic oxidation sites excluding steroid dienone is 2. The van der Waals surface area contributed by atoms with Gasteiger partial charge in [0.15, 0.2) is 0 Å². The number of fused-ring (bicyclic) bond motifs is 1. The molecule has 0 radical (unpaired) electrons. The molecule has 0 N–H and O–H groups in total. The first-order chi connectivity index (χ1) is 8.37. The van der Waals surface area contributed by atoms with Crippen molar-refractivity contribution < 1.29 is 14.3 Å². The predicted molar refractivity (Wildman–Crippen MR) is 69.9 cm³/mol. The molecule has 2 aliphatic rings. The monoisotopic (exact) mass is 250 g/mol. The normalized spacial score (nSPS) is 29.6. The number of rotatable bonds is 2. The fraction of sp³-hybridized carbons (Fsp3) is 0.667. The summed E-state index contributed by atoms with van der Waals surface area (Å²) in [5.41, 5.74) is 1.27. The molecular formula is C15H22O3. The van der Waals surface area contributed by atoms with Gasteiger partial charge in [0.25, 0.3) is 0 Å². The van der Waals surface area contributed by atoms with E-state index < -0.39 is 0 Å². The topological polar surface area (TPSA) is 35.5 Å². The fourth-order valence-electron chi connectivity index (χ4n) is 3.17. The van der Waals surface area contributed by atoms with E-state index in [1.807, 2.05) is 6.08 Å². The van der Waals surface area contributed by atoms with Crippen LogP contribution < -0.4 is 0 Å². The van der Waals surface area contributed by atoms with Crippen LogP contribution in [0.5, 0.6) is 0 Å². The summed E-state index contributed by atoms with van der Waals surface area (Å²) in [7, 11) is 1.40. The Hall–Kier alpha value is -1.25. The second-order valence-corrected chi connectivity index (χ2v) is 6.04. The minimum absolute atomic E-state index is 0.181. The summed E-state index contributed by atoms with van der Waals surface area (Å²) in [6, 6.07) is 0. The molecule has 1 atom stereocenters. The maximum absolute atomic E-state index is 11.3. The number of carbonyl (C=O) groups excluding carboxylic acids is 1. The van der Waals surface area contributed by atoms with Crippen LogP contribution in [0.4, 0.5) is 0 Å². The Bertz CT molecular complexity index is 417. The Morgan fingerprint density at radius 2 is 2.06 bits per heavy atom. The van der Waals surface area contributed by atoms with Crippen LogP contribution in [0.15, 0.2) is 23.5 Å². The van der Waals surface area contributed by atoms with E-state index in [0.717, 1.165) is 12.8 Å². The van der Waals surface area contributed by atoms with Crippen molar-refractivity contribution in [2.45, 2.75) is 52.1 Å². The number of methoxy groups -OCH3 is 1. The van der Waals surface area contributed by atoms with Crippen molar-refractivity contribution in [2.75, 3.05) is 7.11 Å². The highest BCUT2D eigenvalue weighted by molar-refractivity contribution is 5.72. The molecule has 3 heteroatoms. The van der Waals surface area contributed by atoms with Gasteiger partial charge in [-0.1, -0.05) is 19.9 Å². The first-order valence-electron chi connectivity index (χ1n) is 6.55. The molecule has 0 bridgehead atoms. The molecule has 1 unspecified atom stereocenters. The molecular weight excluding hydrogens is 228 g/mol. The molecule has 100 valence electrons. The maximum atomic E-state index is 11.3. The van der Waals surface area contributed by atoms with Crippen LogP contribution >= 0.6 is 0 Å². The third-order valence-electron chi connectivity index (χ3n) is 4.09. The molecule has 1 aliphatic heterocycles. The highest BCUT2D eigenvalue weighted by Gasteiger charge is 2.44. The summed E-state index contributed by atoms with van der Waals surface area (Å²) < 4.78 is 10.8. The minimum Gasteiger partial charge on any atom is -0.487 e. The van der Waals surface area contributed by atoms with Gasteiger partial charge in [0.1, 0.15) is 17.8 Å². The van der Waals surface area contributed by atoms with E-state index in [1.54, 1.807) is 0 Å². The van der Waals surface area contributed by atoms with Gasteiger partial charge in [-0.15, -0.1) is 0 Å². The SMILES string of the molecule is COC(=O)CC1=CC=C2C(C)(C)CCCC2(C)O1. The summed E-state index contributed by atoms with van der Waals surface area (Å²) in [6.45, 7) is 6.65. The van der Waals surface area contributed by atoms with E-state index in [1.165, 1.54) is 19.1 Å². The Balaban J connectivity index is 2.25. The Morgan fingerprint density at radius 3 is 2.72 bits per heavy atom. The molecule has 0 aromatic carbocycles. The van der Waals surface area contributed by atoms with E-state index in [9.17, 15) is 4.79 Å². The van der Waals surface area contributed by atoms with E-state index in [4.69, 9.17) is 4.74 Å². The zero-order valence-electron chi connectivity index (χ0n) is 11.7. The van der Waals surface area contributed by atoms with Gasteiger partial charge in [-0.05, 0) is 43.3 Å². The summed E-state index contributed by atoms with van der Waals surface area (Å²) in [5, 5.41) is 0. The van der Waals surface area contributed by atoms with Crippen molar-refractivity contribution in [3.05, 3.63) is 23.5 Å². The average molecular weight is 250 g/mol. The lowest BCUT2D eigenvalue weighted by Gasteiger charge is -2.47. The quantitative estimate of drug-likeness (QED) is 0.705. The first kappa shape index (κ1) is 13.2. The molecule has 1 heterocycles. The number of hydrogen-bond donors (Lipinski definition) is 0. The van der Waals surface area contributed by atoms with Crippen molar-refractivity contribution in [3.63, 3.8) is 0 Å². The van der Waals surface area contributed by atoms with E-state index >= 15 is 0 Å². The van der Waals surface area contributed by atoms with Gasteiger partial charge in [-0.2, -0.15) is 0 Å². The highest BCUT2D eigenvalue weighted by Crippen LogP contribution is 2.49. The zero-order valence-corrected chi connectivity index (χ0v) is 11.7. The van der Waals surface area contributed by atoms with E-state index in [-0.39, 0.29) is 23.4 Å². The molecule has 2 rings (SSSR count). The summed E-state index contributed by atoms with van der Waals surface area (Å²) in [4.78, 5) is 11.3. The van der Waals surface area contributed by atoms with Crippen LogP contribution in [0, 0.1) is 5.41 Å². The molecule has 0 spiro atoms. The van der Waals surface area contributed by atoms with Crippen molar-refractivity contribution in [3.8, 4) is 0 Å². The smallest absolute Gasteiger partial charge is 0.313 e. The van der Waals surface area contributed by atoms with Gasteiger partial charge in [-0.3, -0.25) is 4.79 Å². The zero-order chi connectivity index (χ0) is 13.4. The lowest BCUT2D eigenvalue weighted by Crippen LogP contribution is -2.43. The summed E-state index contributed by atoms with van der Waals surface area (Å²) in [5.74, 6) is 0.461. The van der Waals surface area contributed by atoms with Crippen molar-refractivity contribution >= 4 is 5.97 Å². The van der Waals surface area contributed by atoms with Crippen LogP contribution in [0.3, 0.4) is 0 Å². The number of esters is 1. The Labute approximate surface area is 109 Å². The fourth-order valence-corrected chi connectivity index (χ4v) is 3.17. The van der Waals surface area contributed by atoms with Gasteiger partial charge in [0.2, 0.25) is 0 Å². The molecule has 1 saturated carbocycles. The summed E-state index contributed by atoms with van der Waals surface area (Å²) >= 11 is 0. The standard InChI is InChI=1S/C15H22O3/c1-14(2)8-5-9-15(3)12(14)7-6-11(18-15)10-13(16)17-4/h6-7H,5,8-10H2,1-4H3. The van der Waals surface area contributed by atoms with Crippen LogP contribution in [-0.4, -0.2) is 18.7 Å². The van der Waals surface area contributed by atoms with Crippen molar-refractivity contribution in [1.82, 2.24) is 0 Å². The van der Waals surface area contributed by atoms with E-state index in [0.29, 0.717) is 5.76 Å². The molecule has 18 heavy (non-hydrogen) atoms. The predicted octanol–water partition coefficient (Wildman–Crippen LogP) is 3.36. The van der Waals surface area contributed by atoms with E-state index in [2.05, 4.69) is 31.6 Å². The Morgan fingerprint density at radius 1 is 1.33 bits per heavy atom. The second-order valence-electron chi connectivity index (χ2n) is 6.04. The van der Waals surface area contributed by atoms with Crippen LogP contribution in [-0.2, 0) is 14.3 Å². The van der Waals surface area contributed by atoms with Crippen LogP contribution in [0.2, 0.25) is 0 Å². The molecule has 1 fully saturated rings. The molecule has 0 aromatic heterocycles. The number of hydrogen-bond acceptors (Lipinski definition) is 3. The second kappa shape index (κ2) is 4.45. The maximum Gasteiger partial charge on any atom is 0.313 e. The molecule has 0 amide bonds. The summed E-state index contributed by atoms with van der Waals surface area (Å²) in [6.07, 6.45) is 7.64. The van der Waals surface area contributed by atoms with Gasteiger partial charge in [0.05, 0.1) is 7.11 Å². The van der Waals surface area contributed by atoms with Gasteiger partial charge >= 0.3 is 5.97 Å². The molecule has 1 aliphatic carbocycles. The van der Waals surface area contributed by atoms with Crippen LogP contribution in [0.1, 0.15) is 46.5 Å². The number of carbonyl (C=O) groups is 1. The highest BCUT2D eigenvalue weighted by atomic mass is 16.5. The largest absolute Gasteiger partial charge is 0.487 e. The third-order valence-corrected chi connectivity index (χ3v) is 4.09. The van der Waals surface area contributed by atoms with Gasteiger partial charge < -0.3 is 9.47 Å². The molecule has 3 nitrogen and oxygen atoms in total. The molecule has 0 saturated heterocycles. The number of ether oxygens (including phenoxy) is 2. The van der Waals surface area contributed by atoms with Crippen molar-refractivity contribution in [2.24, 2.45) is 5.41 Å².